The summed E-state index contributed by atoms with van der Waals surface area (Å²) >= 11 is 0. The minimum absolute atomic E-state index is 0.148. The fraction of sp³-hybridized carbons (Fsp3) is 0.0833. The van der Waals surface area contributed by atoms with Crippen LogP contribution in [0.1, 0.15) is 16.1 Å². The summed E-state index contributed by atoms with van der Waals surface area (Å²) in [4.78, 5) is 20.8. The molecular formula is C12H8FNO6. The average molecular weight is 281 g/mol. The number of nitro benzene ring substituents is 1. The summed E-state index contributed by atoms with van der Waals surface area (Å²) in [6, 6.07) is 4.61. The van der Waals surface area contributed by atoms with E-state index in [9.17, 15) is 19.3 Å². The third-order valence-corrected chi connectivity index (χ3v) is 2.46. The Morgan fingerprint density at radius 1 is 1.45 bits per heavy atom. The number of halogens is 1. The Kier molecular flexibility index (Phi) is 3.65. The summed E-state index contributed by atoms with van der Waals surface area (Å²) in [6.07, 6.45) is 1.14. The van der Waals surface area contributed by atoms with Crippen LogP contribution in [0.4, 0.5) is 10.1 Å². The highest BCUT2D eigenvalue weighted by Crippen LogP contribution is 2.30. The Morgan fingerprint density at radius 2 is 2.20 bits per heavy atom. The van der Waals surface area contributed by atoms with Gasteiger partial charge in [-0.2, -0.15) is 0 Å². The number of nitrogens with zero attached hydrogens (tertiary/aromatic N) is 1. The molecule has 0 unspecified atom stereocenters. The first-order valence-electron chi connectivity index (χ1n) is 5.36. The van der Waals surface area contributed by atoms with E-state index in [1.165, 1.54) is 12.1 Å². The zero-order valence-electron chi connectivity index (χ0n) is 9.91. The number of aromatic carboxylic acids is 1. The average Bonchev–Trinajstić information content (AvgIpc) is 2.85. The van der Waals surface area contributed by atoms with Gasteiger partial charge in [-0.05, 0) is 12.1 Å². The highest BCUT2D eigenvalue weighted by atomic mass is 19.1. The zero-order valence-corrected chi connectivity index (χ0v) is 9.91. The largest absolute Gasteiger partial charge is 0.480 e. The van der Waals surface area contributed by atoms with Crippen LogP contribution in [0.2, 0.25) is 0 Å². The number of hydrogen-bond donors (Lipinski definition) is 1. The predicted molar refractivity (Wildman–Crippen MR) is 63.1 cm³/mol. The van der Waals surface area contributed by atoms with Gasteiger partial charge in [0.05, 0.1) is 11.2 Å². The van der Waals surface area contributed by atoms with Gasteiger partial charge in [0.1, 0.15) is 6.61 Å². The maximum Gasteiger partial charge on any atom is 0.372 e. The fourth-order valence-corrected chi connectivity index (χ4v) is 1.57. The maximum absolute atomic E-state index is 13.5. The number of rotatable bonds is 5. The lowest BCUT2D eigenvalue weighted by molar-refractivity contribution is -0.386. The van der Waals surface area contributed by atoms with Crippen molar-refractivity contribution < 1.29 is 28.4 Å². The molecule has 0 aliphatic heterocycles. The summed E-state index contributed by atoms with van der Waals surface area (Å²) in [5, 5.41) is 19.6. The normalized spacial score (nSPS) is 10.2. The number of ether oxygens (including phenoxy) is 1. The Labute approximate surface area is 111 Å². The molecule has 8 heteroatoms. The quantitative estimate of drug-likeness (QED) is 0.667. The van der Waals surface area contributed by atoms with Gasteiger partial charge in [0, 0.05) is 11.6 Å². The van der Waals surface area contributed by atoms with Gasteiger partial charge in [-0.3, -0.25) is 10.1 Å². The van der Waals surface area contributed by atoms with E-state index in [0.29, 0.717) is 0 Å². The molecule has 0 fully saturated rings. The first kappa shape index (κ1) is 13.5. The van der Waals surface area contributed by atoms with E-state index in [1.54, 1.807) is 0 Å². The standard InChI is InChI=1S/C12H8FNO6/c13-8-2-1-3-9(14(17)18)11(8)20-6-7-4-5-19-10(7)12(15)16/h1-5H,6H2,(H,15,16). The third-order valence-electron chi connectivity index (χ3n) is 2.46. The summed E-state index contributed by atoms with van der Waals surface area (Å²) < 4.78 is 23.3. The van der Waals surface area contributed by atoms with Crippen LogP contribution in [0.5, 0.6) is 5.75 Å². The molecule has 7 nitrogen and oxygen atoms in total. The van der Waals surface area contributed by atoms with Crippen LogP contribution in [0.15, 0.2) is 34.9 Å². The number of carboxylic acid groups (broad SMARTS) is 1. The smallest absolute Gasteiger partial charge is 0.372 e. The number of carbonyl (C=O) groups is 1. The van der Waals surface area contributed by atoms with Crippen molar-refractivity contribution in [3.63, 3.8) is 0 Å². The second kappa shape index (κ2) is 5.39. The number of para-hydroxylation sites is 1. The van der Waals surface area contributed by atoms with Crippen LogP contribution in [-0.4, -0.2) is 16.0 Å². The molecule has 1 N–H and O–H groups in total. The molecule has 0 amide bonds. The lowest BCUT2D eigenvalue weighted by Crippen LogP contribution is -2.05. The van der Waals surface area contributed by atoms with Gasteiger partial charge in [0.15, 0.2) is 5.82 Å². The summed E-state index contributed by atoms with van der Waals surface area (Å²) in [5.41, 5.74) is -0.388. The van der Waals surface area contributed by atoms with Crippen LogP contribution in [0, 0.1) is 15.9 Å². The van der Waals surface area contributed by atoms with Gasteiger partial charge in [0.2, 0.25) is 11.5 Å². The zero-order chi connectivity index (χ0) is 14.7. The molecule has 1 aromatic heterocycles. The topological polar surface area (TPSA) is 103 Å². The summed E-state index contributed by atoms with van der Waals surface area (Å²) in [5.74, 6) is -3.12. The SMILES string of the molecule is O=C(O)c1occc1COc1c(F)cccc1[N+](=O)[O-]. The first-order valence-corrected chi connectivity index (χ1v) is 5.36. The highest BCUT2D eigenvalue weighted by Gasteiger charge is 2.21. The predicted octanol–water partition coefficient (Wildman–Crippen LogP) is 2.60. The second-order valence-corrected chi connectivity index (χ2v) is 3.71. The molecule has 2 rings (SSSR count). The molecule has 0 saturated carbocycles. The van der Waals surface area contributed by atoms with Crippen molar-refractivity contribution in [3.8, 4) is 5.75 Å². The van der Waals surface area contributed by atoms with E-state index in [4.69, 9.17) is 14.3 Å². The van der Waals surface area contributed by atoms with Crippen LogP contribution >= 0.6 is 0 Å². The molecule has 0 saturated heterocycles. The Morgan fingerprint density at radius 3 is 2.85 bits per heavy atom. The van der Waals surface area contributed by atoms with Crippen molar-refractivity contribution in [2.45, 2.75) is 6.61 Å². The van der Waals surface area contributed by atoms with Crippen molar-refractivity contribution in [3.05, 3.63) is 57.8 Å². The van der Waals surface area contributed by atoms with Gasteiger partial charge in [-0.25, -0.2) is 9.18 Å². The summed E-state index contributed by atoms with van der Waals surface area (Å²) in [6.45, 7) is -0.361. The van der Waals surface area contributed by atoms with E-state index in [2.05, 4.69) is 0 Å². The fourth-order valence-electron chi connectivity index (χ4n) is 1.57. The minimum Gasteiger partial charge on any atom is -0.480 e. The molecule has 2 aromatic rings. The Hall–Kier alpha value is -2.90. The van der Waals surface area contributed by atoms with E-state index in [-0.39, 0.29) is 17.9 Å². The van der Waals surface area contributed by atoms with Crippen LogP contribution < -0.4 is 4.74 Å². The van der Waals surface area contributed by atoms with Crippen molar-refractivity contribution >= 4 is 11.7 Å². The second-order valence-electron chi connectivity index (χ2n) is 3.71. The highest BCUT2D eigenvalue weighted by molar-refractivity contribution is 5.86. The van der Waals surface area contributed by atoms with Gasteiger partial charge < -0.3 is 14.3 Å². The minimum atomic E-state index is -1.31. The molecule has 0 radical (unpaired) electrons. The van der Waals surface area contributed by atoms with E-state index in [0.717, 1.165) is 18.4 Å². The summed E-state index contributed by atoms with van der Waals surface area (Å²) in [7, 11) is 0. The van der Waals surface area contributed by atoms with Crippen LogP contribution in [0.3, 0.4) is 0 Å². The molecular weight excluding hydrogens is 273 g/mol. The van der Waals surface area contributed by atoms with Gasteiger partial charge >= 0.3 is 11.7 Å². The van der Waals surface area contributed by atoms with E-state index < -0.39 is 28.1 Å². The molecule has 104 valence electrons. The lowest BCUT2D eigenvalue weighted by Gasteiger charge is -2.06. The lowest BCUT2D eigenvalue weighted by atomic mass is 10.2. The van der Waals surface area contributed by atoms with Crippen molar-refractivity contribution in [1.82, 2.24) is 0 Å². The van der Waals surface area contributed by atoms with Crippen molar-refractivity contribution in [2.75, 3.05) is 0 Å². The molecule has 1 aromatic carbocycles. The van der Waals surface area contributed by atoms with Crippen molar-refractivity contribution in [2.24, 2.45) is 0 Å². The van der Waals surface area contributed by atoms with Gasteiger partial charge in [0.25, 0.3) is 0 Å². The Bertz CT molecular complexity index is 666. The van der Waals surface area contributed by atoms with Crippen LogP contribution in [-0.2, 0) is 6.61 Å². The number of nitro groups is 1. The van der Waals surface area contributed by atoms with Crippen molar-refractivity contribution in [1.29, 1.82) is 0 Å². The molecule has 0 aliphatic rings. The number of carboxylic acids is 1. The first-order chi connectivity index (χ1) is 9.50. The monoisotopic (exact) mass is 281 g/mol. The number of benzene rings is 1. The third kappa shape index (κ3) is 2.58. The molecule has 0 atom stereocenters. The van der Waals surface area contributed by atoms with Gasteiger partial charge in [-0.1, -0.05) is 6.07 Å². The molecule has 1 heterocycles. The van der Waals surface area contributed by atoms with Crippen LogP contribution in [0.25, 0.3) is 0 Å². The molecule has 0 bridgehead atoms. The van der Waals surface area contributed by atoms with E-state index in [1.807, 2.05) is 0 Å². The number of hydrogen-bond acceptors (Lipinski definition) is 5. The van der Waals surface area contributed by atoms with E-state index >= 15 is 0 Å². The number of furan rings is 1. The molecule has 0 aliphatic carbocycles. The molecule has 20 heavy (non-hydrogen) atoms. The molecule has 0 spiro atoms. The van der Waals surface area contributed by atoms with Gasteiger partial charge in [-0.15, -0.1) is 0 Å². The maximum atomic E-state index is 13.5. The Balaban J connectivity index is 2.25.